The number of halogens is 2. The Morgan fingerprint density at radius 2 is 2.00 bits per heavy atom. The quantitative estimate of drug-likeness (QED) is 0.790. The van der Waals surface area contributed by atoms with Crippen molar-refractivity contribution in [1.29, 1.82) is 0 Å². The van der Waals surface area contributed by atoms with Gasteiger partial charge in [-0.1, -0.05) is 11.6 Å². The van der Waals surface area contributed by atoms with Crippen LogP contribution in [0.2, 0.25) is 5.02 Å². The summed E-state index contributed by atoms with van der Waals surface area (Å²) in [5.74, 6) is -0.469. The molecule has 2 nitrogen and oxygen atoms in total. The summed E-state index contributed by atoms with van der Waals surface area (Å²) in [5.41, 5.74) is 8.07. The Labute approximate surface area is 121 Å². The summed E-state index contributed by atoms with van der Waals surface area (Å²) < 4.78 is 13.5. The normalized spacial score (nSPS) is 12.5. The smallest absolute Gasteiger partial charge is 0.143 e. The number of thiophene rings is 1. The predicted molar refractivity (Wildman–Crippen MR) is 81.7 cm³/mol. The molecule has 0 aliphatic heterocycles. The first-order valence-electron chi connectivity index (χ1n) is 5.96. The van der Waals surface area contributed by atoms with Gasteiger partial charge in [0, 0.05) is 21.9 Å². The van der Waals surface area contributed by atoms with Gasteiger partial charge < -0.3 is 11.1 Å². The highest BCUT2D eigenvalue weighted by Gasteiger charge is 2.13. The Balaban J connectivity index is 2.26. The maximum Gasteiger partial charge on any atom is 0.143 e. The van der Waals surface area contributed by atoms with Crippen molar-refractivity contribution in [2.45, 2.75) is 26.8 Å². The first-order chi connectivity index (χ1) is 8.88. The zero-order valence-electron chi connectivity index (χ0n) is 11.1. The predicted octanol–water partition coefficient (Wildman–Crippen LogP) is 4.91. The second-order valence-electron chi connectivity index (χ2n) is 4.59. The molecule has 0 radical (unpaired) electrons. The van der Waals surface area contributed by atoms with Gasteiger partial charge in [-0.3, -0.25) is 0 Å². The first-order valence-corrected chi connectivity index (χ1v) is 7.16. The fourth-order valence-electron chi connectivity index (χ4n) is 2.08. The van der Waals surface area contributed by atoms with Gasteiger partial charge in [-0.05, 0) is 38.5 Å². The van der Waals surface area contributed by atoms with Crippen LogP contribution in [0.25, 0.3) is 0 Å². The SMILES string of the molecule is Cc1cc(C(C)Nc2cc(F)c(Cl)cc2N)c(C)s1. The molecular formula is C14H16ClFN2S. The Morgan fingerprint density at radius 1 is 1.32 bits per heavy atom. The molecule has 1 aromatic heterocycles. The van der Waals surface area contributed by atoms with Gasteiger partial charge in [0.1, 0.15) is 5.82 Å². The van der Waals surface area contributed by atoms with Crippen LogP contribution in [0.5, 0.6) is 0 Å². The minimum absolute atomic E-state index is 0.0401. The number of aryl methyl sites for hydroxylation is 2. The molecule has 0 amide bonds. The third kappa shape index (κ3) is 3.01. The molecule has 0 saturated carbocycles. The average Bonchev–Trinajstić information content (AvgIpc) is 2.65. The van der Waals surface area contributed by atoms with E-state index in [1.165, 1.54) is 27.5 Å². The lowest BCUT2D eigenvalue weighted by Crippen LogP contribution is -2.09. The number of rotatable bonds is 3. The van der Waals surface area contributed by atoms with Crippen molar-refractivity contribution in [3.63, 3.8) is 0 Å². The van der Waals surface area contributed by atoms with Crippen molar-refractivity contribution < 1.29 is 4.39 Å². The Hall–Kier alpha value is -1.26. The number of nitrogens with two attached hydrogens (primary N) is 1. The summed E-state index contributed by atoms with van der Waals surface area (Å²) >= 11 is 7.44. The van der Waals surface area contributed by atoms with Crippen LogP contribution in [-0.2, 0) is 0 Å². The summed E-state index contributed by atoms with van der Waals surface area (Å²) in [6.45, 7) is 6.18. The third-order valence-electron chi connectivity index (χ3n) is 3.01. The second-order valence-corrected chi connectivity index (χ2v) is 6.46. The minimum Gasteiger partial charge on any atom is -0.397 e. The Kier molecular flexibility index (Phi) is 4.02. The number of anilines is 2. The van der Waals surface area contributed by atoms with Crippen LogP contribution in [0.3, 0.4) is 0 Å². The summed E-state index contributed by atoms with van der Waals surface area (Å²) in [7, 11) is 0. The molecule has 1 heterocycles. The van der Waals surface area contributed by atoms with Crippen molar-refractivity contribution in [3.8, 4) is 0 Å². The van der Waals surface area contributed by atoms with E-state index in [-0.39, 0.29) is 11.1 Å². The molecule has 0 bridgehead atoms. The molecule has 19 heavy (non-hydrogen) atoms. The van der Waals surface area contributed by atoms with E-state index in [0.717, 1.165) is 0 Å². The van der Waals surface area contributed by atoms with Gasteiger partial charge in [-0.25, -0.2) is 4.39 Å². The molecule has 5 heteroatoms. The van der Waals surface area contributed by atoms with Gasteiger partial charge in [-0.2, -0.15) is 0 Å². The number of hydrogen-bond donors (Lipinski definition) is 2. The summed E-state index contributed by atoms with van der Waals surface area (Å²) in [4.78, 5) is 2.52. The molecule has 0 spiro atoms. The average molecular weight is 299 g/mol. The highest BCUT2D eigenvalue weighted by molar-refractivity contribution is 7.12. The van der Waals surface area contributed by atoms with Gasteiger partial charge in [0.2, 0.25) is 0 Å². The molecule has 102 valence electrons. The second kappa shape index (κ2) is 5.39. The standard InChI is InChI=1S/C14H16ClFN2S/c1-7-4-10(9(3)19-7)8(2)18-14-6-12(16)11(15)5-13(14)17/h4-6,8,18H,17H2,1-3H3. The van der Waals surface area contributed by atoms with Crippen LogP contribution in [0.1, 0.15) is 28.3 Å². The van der Waals surface area contributed by atoms with Crippen molar-refractivity contribution in [2.24, 2.45) is 0 Å². The fraction of sp³-hybridized carbons (Fsp3) is 0.286. The molecule has 1 unspecified atom stereocenters. The van der Waals surface area contributed by atoms with E-state index < -0.39 is 5.82 Å². The maximum atomic E-state index is 13.5. The molecule has 3 N–H and O–H groups in total. The molecule has 1 atom stereocenters. The lowest BCUT2D eigenvalue weighted by Gasteiger charge is -2.17. The molecule has 0 fully saturated rings. The molecule has 0 aliphatic carbocycles. The summed E-state index contributed by atoms with van der Waals surface area (Å²) in [6.07, 6.45) is 0. The van der Waals surface area contributed by atoms with Crippen LogP contribution >= 0.6 is 22.9 Å². The van der Waals surface area contributed by atoms with Crippen molar-refractivity contribution in [1.82, 2.24) is 0 Å². The Bertz CT molecular complexity index is 610. The highest BCUT2D eigenvalue weighted by atomic mass is 35.5. The van der Waals surface area contributed by atoms with E-state index >= 15 is 0 Å². The number of hydrogen-bond acceptors (Lipinski definition) is 3. The van der Waals surface area contributed by atoms with Crippen LogP contribution in [0, 0.1) is 19.7 Å². The molecule has 1 aromatic carbocycles. The van der Waals surface area contributed by atoms with E-state index in [4.69, 9.17) is 17.3 Å². The minimum atomic E-state index is -0.469. The van der Waals surface area contributed by atoms with Gasteiger partial charge >= 0.3 is 0 Å². The zero-order chi connectivity index (χ0) is 14.2. The van der Waals surface area contributed by atoms with Gasteiger partial charge in [0.25, 0.3) is 0 Å². The van der Waals surface area contributed by atoms with Gasteiger partial charge in [-0.15, -0.1) is 11.3 Å². The lowest BCUT2D eigenvalue weighted by molar-refractivity contribution is 0.628. The topological polar surface area (TPSA) is 38.0 Å². The fourth-order valence-corrected chi connectivity index (χ4v) is 3.27. The van der Waals surface area contributed by atoms with Crippen molar-refractivity contribution in [3.05, 3.63) is 44.4 Å². The summed E-state index contributed by atoms with van der Waals surface area (Å²) in [5, 5.41) is 3.27. The maximum absolute atomic E-state index is 13.5. The highest BCUT2D eigenvalue weighted by Crippen LogP contribution is 2.32. The molecule has 2 aromatic rings. The van der Waals surface area contributed by atoms with Crippen molar-refractivity contribution >= 4 is 34.3 Å². The van der Waals surface area contributed by atoms with Crippen LogP contribution < -0.4 is 11.1 Å². The molecule has 0 aliphatic rings. The first kappa shape index (κ1) is 14.2. The van der Waals surface area contributed by atoms with E-state index in [1.54, 1.807) is 11.3 Å². The third-order valence-corrected chi connectivity index (χ3v) is 4.28. The van der Waals surface area contributed by atoms with Gasteiger partial charge in [0.15, 0.2) is 0 Å². The largest absolute Gasteiger partial charge is 0.397 e. The summed E-state index contributed by atoms with van der Waals surface area (Å²) in [6, 6.07) is 4.97. The number of benzene rings is 1. The van der Waals surface area contributed by atoms with E-state index in [1.807, 2.05) is 6.92 Å². The monoisotopic (exact) mass is 298 g/mol. The van der Waals surface area contributed by atoms with Gasteiger partial charge in [0.05, 0.1) is 16.4 Å². The molecule has 2 rings (SSSR count). The van der Waals surface area contributed by atoms with E-state index in [2.05, 4.69) is 25.2 Å². The van der Waals surface area contributed by atoms with Crippen LogP contribution in [0.15, 0.2) is 18.2 Å². The zero-order valence-corrected chi connectivity index (χ0v) is 12.6. The number of nitrogen functional groups attached to an aromatic ring is 1. The Morgan fingerprint density at radius 3 is 2.58 bits per heavy atom. The molecular weight excluding hydrogens is 283 g/mol. The number of nitrogens with one attached hydrogen (secondary N) is 1. The van der Waals surface area contributed by atoms with E-state index in [9.17, 15) is 4.39 Å². The van der Waals surface area contributed by atoms with Crippen molar-refractivity contribution in [2.75, 3.05) is 11.1 Å². The molecule has 0 saturated heterocycles. The van der Waals surface area contributed by atoms with Crippen LogP contribution in [-0.4, -0.2) is 0 Å². The van der Waals surface area contributed by atoms with Crippen LogP contribution in [0.4, 0.5) is 15.8 Å². The lowest BCUT2D eigenvalue weighted by atomic mass is 10.1. The van der Waals surface area contributed by atoms with E-state index in [0.29, 0.717) is 11.4 Å².